The highest BCUT2D eigenvalue weighted by atomic mass is 16.9. The molecular formula is C33H46O15. The zero-order chi connectivity index (χ0) is 35.3. The van der Waals surface area contributed by atoms with Crippen molar-refractivity contribution >= 4 is 23.9 Å². The topological polar surface area (TPSA) is 170 Å². The Morgan fingerprint density at radius 3 is 1.90 bits per heavy atom. The Labute approximate surface area is 279 Å². The number of ether oxygens (including phenoxy) is 11. The van der Waals surface area contributed by atoms with E-state index < -0.39 is 78.9 Å². The minimum atomic E-state index is -1.39. The van der Waals surface area contributed by atoms with Crippen molar-refractivity contribution in [3.8, 4) is 17.2 Å². The molecule has 1 aromatic rings. The molecule has 2 saturated heterocycles. The van der Waals surface area contributed by atoms with Gasteiger partial charge in [-0.25, -0.2) is 0 Å². The molecule has 48 heavy (non-hydrogen) atoms. The molecule has 0 amide bonds. The van der Waals surface area contributed by atoms with Crippen molar-refractivity contribution in [3.05, 3.63) is 18.2 Å². The molecule has 1 unspecified atom stereocenters. The SMILES string of the molecule is CCOC1(C)Oc2cccc(O[C@@H]3O[C@H](COC(C)=O)[C@@H](O[C@H]4O[C@H](COC(C)=O)[C@@H](C)[C@H](C)[C@H]4OC(C)=O)[C@H](C)[C@H]3OC(C)=O)c2O1. The molecule has 3 aliphatic rings. The molecule has 4 rings (SSSR count). The number of fused-ring (bicyclic) bond motifs is 1. The highest BCUT2D eigenvalue weighted by Crippen LogP contribution is 2.47. The average molecular weight is 683 g/mol. The van der Waals surface area contributed by atoms with Gasteiger partial charge >= 0.3 is 29.9 Å². The van der Waals surface area contributed by atoms with Crippen molar-refractivity contribution in [3.63, 3.8) is 0 Å². The molecule has 3 aliphatic heterocycles. The van der Waals surface area contributed by atoms with Crippen LogP contribution in [-0.4, -0.2) is 92.8 Å². The Kier molecular flexibility index (Phi) is 12.2. The summed E-state index contributed by atoms with van der Waals surface area (Å²) in [6, 6.07) is 5.01. The number of benzene rings is 1. The van der Waals surface area contributed by atoms with E-state index in [1.807, 2.05) is 13.8 Å². The van der Waals surface area contributed by atoms with Crippen LogP contribution in [0.1, 0.15) is 62.3 Å². The lowest BCUT2D eigenvalue weighted by molar-refractivity contribution is -0.336. The minimum Gasteiger partial charge on any atom is -0.463 e. The summed E-state index contributed by atoms with van der Waals surface area (Å²) in [6.07, 6.45) is -6.84. The molecule has 0 saturated carbocycles. The summed E-state index contributed by atoms with van der Waals surface area (Å²) >= 11 is 0. The maximum Gasteiger partial charge on any atom is 0.369 e. The monoisotopic (exact) mass is 682 g/mol. The van der Waals surface area contributed by atoms with Gasteiger partial charge in [0.25, 0.3) is 0 Å². The lowest BCUT2D eigenvalue weighted by atomic mass is 9.83. The predicted octanol–water partition coefficient (Wildman–Crippen LogP) is 3.28. The molecule has 15 nitrogen and oxygen atoms in total. The van der Waals surface area contributed by atoms with Crippen molar-refractivity contribution in [1.82, 2.24) is 0 Å². The van der Waals surface area contributed by atoms with Crippen LogP contribution in [0.4, 0.5) is 0 Å². The number of rotatable bonds is 12. The largest absolute Gasteiger partial charge is 0.463 e. The van der Waals surface area contributed by atoms with Crippen molar-refractivity contribution in [2.24, 2.45) is 17.8 Å². The number of hydrogen-bond donors (Lipinski definition) is 0. The van der Waals surface area contributed by atoms with Gasteiger partial charge in [0, 0.05) is 46.5 Å². The van der Waals surface area contributed by atoms with E-state index in [9.17, 15) is 19.2 Å². The van der Waals surface area contributed by atoms with Gasteiger partial charge in [0.1, 0.15) is 19.3 Å². The van der Waals surface area contributed by atoms with Crippen LogP contribution < -0.4 is 14.2 Å². The third-order valence-electron chi connectivity index (χ3n) is 8.46. The molecule has 0 radical (unpaired) electrons. The molecule has 11 atom stereocenters. The molecule has 0 aliphatic carbocycles. The van der Waals surface area contributed by atoms with E-state index >= 15 is 0 Å². The number of para-hydroxylation sites is 1. The van der Waals surface area contributed by atoms with Gasteiger partial charge in [-0.15, -0.1) is 0 Å². The van der Waals surface area contributed by atoms with Gasteiger partial charge in [-0.2, -0.15) is 0 Å². The first-order valence-electron chi connectivity index (χ1n) is 16.0. The lowest BCUT2D eigenvalue weighted by Gasteiger charge is -2.48. The fourth-order valence-electron chi connectivity index (χ4n) is 5.99. The first-order valence-corrected chi connectivity index (χ1v) is 16.0. The summed E-state index contributed by atoms with van der Waals surface area (Å²) in [4.78, 5) is 48.1. The third-order valence-corrected chi connectivity index (χ3v) is 8.46. The van der Waals surface area contributed by atoms with E-state index in [0.717, 1.165) is 0 Å². The summed E-state index contributed by atoms with van der Waals surface area (Å²) < 4.78 is 64.9. The zero-order valence-electron chi connectivity index (χ0n) is 28.8. The van der Waals surface area contributed by atoms with Crippen molar-refractivity contribution in [2.75, 3.05) is 19.8 Å². The summed E-state index contributed by atoms with van der Waals surface area (Å²) in [7, 11) is 0. The molecule has 268 valence electrons. The number of carbonyl (C=O) groups is 4. The van der Waals surface area contributed by atoms with E-state index in [1.54, 1.807) is 39.0 Å². The Morgan fingerprint density at radius 1 is 0.729 bits per heavy atom. The highest BCUT2D eigenvalue weighted by molar-refractivity contribution is 5.67. The molecule has 2 fully saturated rings. The molecular weight excluding hydrogens is 636 g/mol. The maximum atomic E-state index is 12.4. The second-order valence-corrected chi connectivity index (χ2v) is 12.2. The number of carbonyl (C=O) groups excluding carboxylic acids is 4. The summed E-state index contributed by atoms with van der Waals surface area (Å²) in [6.45, 7) is 14.0. The maximum absolute atomic E-state index is 12.4. The van der Waals surface area contributed by atoms with Gasteiger partial charge in [0.05, 0.1) is 18.8 Å². The van der Waals surface area contributed by atoms with E-state index in [-0.39, 0.29) is 36.5 Å². The Morgan fingerprint density at radius 2 is 1.31 bits per heavy atom. The normalized spacial score (nSPS) is 34.1. The summed E-state index contributed by atoms with van der Waals surface area (Å²) in [5, 5.41) is 0. The molecule has 3 heterocycles. The van der Waals surface area contributed by atoms with E-state index in [2.05, 4.69) is 0 Å². The second kappa shape index (κ2) is 15.7. The van der Waals surface area contributed by atoms with Crippen LogP contribution in [0.15, 0.2) is 18.2 Å². The van der Waals surface area contributed by atoms with Crippen LogP contribution in [0.3, 0.4) is 0 Å². The molecule has 0 aromatic heterocycles. The molecule has 0 spiro atoms. The van der Waals surface area contributed by atoms with Crippen LogP contribution in [-0.2, 0) is 57.1 Å². The predicted molar refractivity (Wildman–Crippen MR) is 162 cm³/mol. The second-order valence-electron chi connectivity index (χ2n) is 12.2. The van der Waals surface area contributed by atoms with Gasteiger partial charge in [-0.1, -0.05) is 26.8 Å². The van der Waals surface area contributed by atoms with Crippen LogP contribution in [0.2, 0.25) is 0 Å². The first kappa shape index (κ1) is 37.2. The standard InChI is InChI=1S/C33H46O15/c1-10-40-33(9)47-24-13-11-12-23(30(24)48-33)43-31-29(42-22(8)37)18(4)27(26(45-31)15-39-20(6)35)46-32-28(41-21(7)36)17(3)16(2)25(44-32)14-38-19(5)34/h11-13,16-18,25-29,31-32H,10,14-15H2,1-9H3/t16-,17-,18-,25+,26+,27-,28+,29+,31+,32+,33?/m0/s1. The molecule has 15 heteroatoms. The van der Waals surface area contributed by atoms with Gasteiger partial charge in [-0.05, 0) is 25.0 Å². The Balaban J connectivity index is 1.65. The van der Waals surface area contributed by atoms with Crippen molar-refractivity contribution in [2.45, 2.75) is 111 Å². The van der Waals surface area contributed by atoms with E-state index in [0.29, 0.717) is 12.4 Å². The third kappa shape index (κ3) is 8.87. The fourth-order valence-corrected chi connectivity index (χ4v) is 5.99. The Bertz CT molecular complexity index is 1310. The summed E-state index contributed by atoms with van der Waals surface area (Å²) in [5.74, 6) is -3.90. The molecule has 0 N–H and O–H groups in total. The van der Waals surface area contributed by atoms with Gasteiger partial charge in [0.15, 0.2) is 30.0 Å². The lowest BCUT2D eigenvalue weighted by Crippen LogP contribution is -2.61. The molecule has 1 aromatic carbocycles. The zero-order valence-corrected chi connectivity index (χ0v) is 28.8. The van der Waals surface area contributed by atoms with Gasteiger partial charge in [-0.3, -0.25) is 19.2 Å². The fraction of sp³-hybridized carbons (Fsp3) is 0.697. The number of esters is 4. The van der Waals surface area contributed by atoms with E-state index in [1.165, 1.54) is 27.7 Å². The van der Waals surface area contributed by atoms with Crippen LogP contribution in [0.5, 0.6) is 17.2 Å². The minimum absolute atomic E-state index is 0.0530. The highest BCUT2D eigenvalue weighted by Gasteiger charge is 2.53. The quantitative estimate of drug-likeness (QED) is 0.232. The summed E-state index contributed by atoms with van der Waals surface area (Å²) in [5.41, 5.74) is 0. The molecule has 0 bridgehead atoms. The first-order chi connectivity index (χ1) is 22.6. The van der Waals surface area contributed by atoms with Crippen molar-refractivity contribution in [1.29, 1.82) is 0 Å². The van der Waals surface area contributed by atoms with E-state index in [4.69, 9.17) is 52.1 Å². The smallest absolute Gasteiger partial charge is 0.369 e. The average Bonchev–Trinajstić information content (AvgIpc) is 3.34. The van der Waals surface area contributed by atoms with Crippen molar-refractivity contribution < 1.29 is 71.3 Å². The van der Waals surface area contributed by atoms with Crippen LogP contribution >= 0.6 is 0 Å². The van der Waals surface area contributed by atoms with Gasteiger partial charge in [0.2, 0.25) is 12.0 Å². The van der Waals surface area contributed by atoms with Crippen LogP contribution in [0.25, 0.3) is 0 Å². The number of hydrogen-bond acceptors (Lipinski definition) is 15. The van der Waals surface area contributed by atoms with Gasteiger partial charge < -0.3 is 52.1 Å². The van der Waals surface area contributed by atoms with Crippen LogP contribution in [0, 0.1) is 17.8 Å². The Hall–Kier alpha value is -3.66.